The fourth-order valence-electron chi connectivity index (χ4n) is 2.69. The first-order valence-corrected chi connectivity index (χ1v) is 7.56. The molecule has 2 atom stereocenters. The van der Waals surface area contributed by atoms with Crippen molar-refractivity contribution in [2.24, 2.45) is 11.8 Å². The van der Waals surface area contributed by atoms with Crippen LogP contribution >= 0.6 is 0 Å². The average Bonchev–Trinajstić information content (AvgIpc) is 2.54. The first kappa shape index (κ1) is 17.5. The standard InChI is InChI=1S/C17H20N2O5/c1-10(20)18-11-7-8-15(24-2)14(9-11)19-16(21)12-5-3-4-6-13(12)17(22)23/h3-4,7-9,12-13H,5-6H2,1-2H3,(H,18,20)(H,19,21)(H,22,23)/t12-,13-/m1/s1. The van der Waals surface area contributed by atoms with E-state index in [-0.39, 0.29) is 11.8 Å². The Morgan fingerprint density at radius 2 is 1.79 bits per heavy atom. The molecule has 0 aromatic heterocycles. The fourth-order valence-corrected chi connectivity index (χ4v) is 2.69. The van der Waals surface area contributed by atoms with Crippen LogP contribution in [-0.2, 0) is 14.4 Å². The van der Waals surface area contributed by atoms with E-state index >= 15 is 0 Å². The molecule has 1 aromatic rings. The van der Waals surface area contributed by atoms with E-state index in [0.29, 0.717) is 30.0 Å². The number of aliphatic carboxylic acids is 1. The van der Waals surface area contributed by atoms with Gasteiger partial charge in [0.1, 0.15) is 5.75 Å². The minimum absolute atomic E-state index is 0.235. The zero-order chi connectivity index (χ0) is 17.7. The van der Waals surface area contributed by atoms with Crippen molar-refractivity contribution in [2.75, 3.05) is 17.7 Å². The molecule has 1 aliphatic rings. The highest BCUT2D eigenvalue weighted by Gasteiger charge is 2.34. The molecule has 1 aromatic carbocycles. The van der Waals surface area contributed by atoms with Crippen LogP contribution < -0.4 is 15.4 Å². The number of rotatable bonds is 5. The first-order chi connectivity index (χ1) is 11.4. The molecule has 1 aliphatic carbocycles. The van der Waals surface area contributed by atoms with Gasteiger partial charge in [0, 0.05) is 12.6 Å². The van der Waals surface area contributed by atoms with Crippen molar-refractivity contribution in [3.8, 4) is 5.75 Å². The van der Waals surface area contributed by atoms with Crippen LogP contribution in [-0.4, -0.2) is 30.0 Å². The van der Waals surface area contributed by atoms with Gasteiger partial charge in [-0.3, -0.25) is 14.4 Å². The van der Waals surface area contributed by atoms with Crippen LogP contribution in [0.1, 0.15) is 19.8 Å². The molecule has 2 amide bonds. The molecule has 7 heteroatoms. The van der Waals surface area contributed by atoms with Gasteiger partial charge in [-0.15, -0.1) is 0 Å². The Hall–Kier alpha value is -2.83. The lowest BCUT2D eigenvalue weighted by Crippen LogP contribution is -2.34. The molecule has 0 saturated heterocycles. The predicted octanol–water partition coefficient (Wildman–Crippen LogP) is 2.26. The summed E-state index contributed by atoms with van der Waals surface area (Å²) in [5.74, 6) is -2.58. The van der Waals surface area contributed by atoms with E-state index in [9.17, 15) is 19.5 Å². The van der Waals surface area contributed by atoms with Gasteiger partial charge in [0.2, 0.25) is 11.8 Å². The van der Waals surface area contributed by atoms with Crippen LogP contribution in [0.5, 0.6) is 5.75 Å². The van der Waals surface area contributed by atoms with E-state index in [1.54, 1.807) is 24.3 Å². The Morgan fingerprint density at radius 3 is 2.38 bits per heavy atom. The third-order valence-electron chi connectivity index (χ3n) is 3.86. The summed E-state index contributed by atoms with van der Waals surface area (Å²) >= 11 is 0. The van der Waals surface area contributed by atoms with Gasteiger partial charge in [-0.1, -0.05) is 12.2 Å². The number of methoxy groups -OCH3 is 1. The second-order valence-electron chi connectivity index (χ2n) is 5.58. The highest BCUT2D eigenvalue weighted by atomic mass is 16.5. The van der Waals surface area contributed by atoms with E-state index in [1.807, 2.05) is 6.08 Å². The van der Waals surface area contributed by atoms with E-state index in [4.69, 9.17) is 4.74 Å². The number of hydrogen-bond acceptors (Lipinski definition) is 4. The highest BCUT2D eigenvalue weighted by Crippen LogP contribution is 2.31. The van der Waals surface area contributed by atoms with Crippen LogP contribution in [0.15, 0.2) is 30.4 Å². The maximum absolute atomic E-state index is 12.5. The molecule has 128 valence electrons. The largest absolute Gasteiger partial charge is 0.495 e. The SMILES string of the molecule is COc1ccc(NC(C)=O)cc1NC(=O)[C@@H]1CC=CC[C@H]1C(=O)O. The average molecular weight is 332 g/mol. The van der Waals surface area contributed by atoms with Crippen molar-refractivity contribution in [3.63, 3.8) is 0 Å². The molecular formula is C17H20N2O5. The summed E-state index contributed by atoms with van der Waals surface area (Å²) in [5, 5.41) is 14.6. The number of anilines is 2. The maximum atomic E-state index is 12.5. The number of carboxylic acids is 1. The number of hydrogen-bond donors (Lipinski definition) is 3. The van der Waals surface area contributed by atoms with Gasteiger partial charge in [-0.05, 0) is 31.0 Å². The number of carbonyl (C=O) groups excluding carboxylic acids is 2. The smallest absolute Gasteiger partial charge is 0.307 e. The number of carboxylic acid groups (broad SMARTS) is 1. The molecular weight excluding hydrogens is 312 g/mol. The van der Waals surface area contributed by atoms with Crippen LogP contribution in [0.25, 0.3) is 0 Å². The van der Waals surface area contributed by atoms with E-state index in [2.05, 4.69) is 10.6 Å². The quantitative estimate of drug-likeness (QED) is 0.717. The molecule has 0 aliphatic heterocycles. The molecule has 7 nitrogen and oxygen atoms in total. The number of carbonyl (C=O) groups is 3. The van der Waals surface area contributed by atoms with E-state index < -0.39 is 17.8 Å². The van der Waals surface area contributed by atoms with Crippen molar-refractivity contribution in [1.82, 2.24) is 0 Å². The molecule has 0 saturated carbocycles. The van der Waals surface area contributed by atoms with Gasteiger partial charge in [0.25, 0.3) is 0 Å². The normalized spacial score (nSPS) is 19.4. The Labute approximate surface area is 139 Å². The zero-order valence-corrected chi connectivity index (χ0v) is 13.5. The predicted molar refractivity (Wildman–Crippen MR) is 88.9 cm³/mol. The van der Waals surface area contributed by atoms with Gasteiger partial charge in [-0.2, -0.15) is 0 Å². The zero-order valence-electron chi connectivity index (χ0n) is 13.5. The summed E-state index contributed by atoms with van der Waals surface area (Å²) in [7, 11) is 1.46. The molecule has 0 spiro atoms. The second kappa shape index (κ2) is 7.63. The van der Waals surface area contributed by atoms with Crippen LogP contribution in [0.2, 0.25) is 0 Å². The number of benzene rings is 1. The Balaban J connectivity index is 2.22. The van der Waals surface area contributed by atoms with Gasteiger partial charge in [0.05, 0.1) is 24.6 Å². The Bertz CT molecular complexity index is 684. The van der Waals surface area contributed by atoms with E-state index in [0.717, 1.165) is 0 Å². The number of nitrogens with one attached hydrogen (secondary N) is 2. The van der Waals surface area contributed by atoms with Crippen LogP contribution in [0.3, 0.4) is 0 Å². The topological polar surface area (TPSA) is 105 Å². The van der Waals surface area contributed by atoms with Crippen LogP contribution in [0.4, 0.5) is 11.4 Å². The molecule has 24 heavy (non-hydrogen) atoms. The first-order valence-electron chi connectivity index (χ1n) is 7.56. The van der Waals surface area contributed by atoms with Gasteiger partial charge in [-0.25, -0.2) is 0 Å². The van der Waals surface area contributed by atoms with Crippen molar-refractivity contribution in [3.05, 3.63) is 30.4 Å². The molecule has 0 heterocycles. The van der Waals surface area contributed by atoms with Crippen molar-refractivity contribution in [2.45, 2.75) is 19.8 Å². The van der Waals surface area contributed by atoms with Gasteiger partial charge >= 0.3 is 5.97 Å². The Morgan fingerprint density at radius 1 is 1.12 bits per heavy atom. The second-order valence-corrected chi connectivity index (χ2v) is 5.58. The van der Waals surface area contributed by atoms with E-state index in [1.165, 1.54) is 14.0 Å². The molecule has 3 N–H and O–H groups in total. The highest BCUT2D eigenvalue weighted by molar-refractivity contribution is 5.98. The summed E-state index contributed by atoms with van der Waals surface area (Å²) in [6.07, 6.45) is 4.29. The fraction of sp³-hybridized carbons (Fsp3) is 0.353. The summed E-state index contributed by atoms with van der Waals surface area (Å²) in [6, 6.07) is 4.85. The molecule has 2 rings (SSSR count). The minimum atomic E-state index is -0.988. The number of allylic oxidation sites excluding steroid dienone is 2. The monoisotopic (exact) mass is 332 g/mol. The molecule has 0 bridgehead atoms. The summed E-state index contributed by atoms with van der Waals surface area (Å²) in [6.45, 7) is 1.38. The summed E-state index contributed by atoms with van der Waals surface area (Å²) in [5.41, 5.74) is 0.893. The van der Waals surface area contributed by atoms with Crippen molar-refractivity contribution < 1.29 is 24.2 Å². The maximum Gasteiger partial charge on any atom is 0.307 e. The lowest BCUT2D eigenvalue weighted by Gasteiger charge is -2.24. The Kier molecular flexibility index (Phi) is 5.57. The van der Waals surface area contributed by atoms with Crippen molar-refractivity contribution >= 4 is 29.2 Å². The number of ether oxygens (including phenoxy) is 1. The van der Waals surface area contributed by atoms with Crippen LogP contribution in [0, 0.1) is 11.8 Å². The lowest BCUT2D eigenvalue weighted by atomic mass is 9.82. The third-order valence-corrected chi connectivity index (χ3v) is 3.86. The van der Waals surface area contributed by atoms with Gasteiger partial charge in [0.15, 0.2) is 0 Å². The summed E-state index contributed by atoms with van der Waals surface area (Å²) < 4.78 is 5.21. The minimum Gasteiger partial charge on any atom is -0.495 e. The van der Waals surface area contributed by atoms with Crippen molar-refractivity contribution in [1.29, 1.82) is 0 Å². The lowest BCUT2D eigenvalue weighted by molar-refractivity contribution is -0.146. The van der Waals surface area contributed by atoms with Gasteiger partial charge < -0.3 is 20.5 Å². The summed E-state index contributed by atoms with van der Waals surface area (Å²) in [4.78, 5) is 35.0. The molecule has 0 radical (unpaired) electrons. The number of amides is 2. The molecule has 0 fully saturated rings. The third kappa shape index (κ3) is 4.13. The molecule has 0 unspecified atom stereocenters.